The zero-order chi connectivity index (χ0) is 19.2. The van der Waals surface area contributed by atoms with Crippen LogP contribution in [0, 0.1) is 0 Å². The fourth-order valence-corrected chi connectivity index (χ4v) is 5.29. The van der Waals surface area contributed by atoms with E-state index in [1.165, 1.54) is 28.6 Å². The molecule has 2 amide bonds. The second kappa shape index (κ2) is 6.74. The first-order valence-electron chi connectivity index (χ1n) is 8.60. The van der Waals surface area contributed by atoms with Gasteiger partial charge in [-0.05, 0) is 49.2 Å². The van der Waals surface area contributed by atoms with Gasteiger partial charge < -0.3 is 0 Å². The van der Waals surface area contributed by atoms with E-state index in [0.29, 0.717) is 23.6 Å². The number of anilines is 1. The Morgan fingerprint density at radius 3 is 2.19 bits per heavy atom. The second-order valence-electron chi connectivity index (χ2n) is 6.64. The molecule has 8 heteroatoms. The maximum Gasteiger partial charge on any atom is 0.252 e. The van der Waals surface area contributed by atoms with Crippen LogP contribution in [0.3, 0.4) is 0 Å². The van der Waals surface area contributed by atoms with Crippen LogP contribution >= 0.6 is 11.6 Å². The van der Waals surface area contributed by atoms with Crippen molar-refractivity contribution in [2.75, 3.05) is 4.90 Å². The standard InChI is InChI=1S/C19H17ClN2O4S/c20-13-6-10-16(11-7-13)27(25,26)22(15-8-9-15)17-12-18(23)21(19(17)24)14-4-2-1-3-5-14/h1-7,10-11,15,17H,8-9,12H2. The number of benzene rings is 2. The third-order valence-corrected chi connectivity index (χ3v) is 6.97. The van der Waals surface area contributed by atoms with Gasteiger partial charge in [0.1, 0.15) is 6.04 Å². The number of sulfonamides is 1. The molecule has 0 aromatic heterocycles. The fourth-order valence-electron chi connectivity index (χ4n) is 3.34. The summed E-state index contributed by atoms with van der Waals surface area (Å²) >= 11 is 5.86. The van der Waals surface area contributed by atoms with Crippen molar-refractivity contribution in [3.05, 3.63) is 59.6 Å². The minimum atomic E-state index is -3.92. The molecule has 2 aromatic carbocycles. The lowest BCUT2D eigenvalue weighted by Gasteiger charge is -2.26. The van der Waals surface area contributed by atoms with E-state index in [1.54, 1.807) is 30.3 Å². The lowest BCUT2D eigenvalue weighted by molar-refractivity contribution is -0.122. The largest absolute Gasteiger partial charge is 0.274 e. The maximum absolute atomic E-state index is 13.2. The van der Waals surface area contributed by atoms with Gasteiger partial charge in [-0.15, -0.1) is 0 Å². The van der Waals surface area contributed by atoms with Crippen molar-refractivity contribution in [2.45, 2.75) is 36.2 Å². The summed E-state index contributed by atoms with van der Waals surface area (Å²) in [6.07, 6.45) is 1.20. The second-order valence-corrected chi connectivity index (χ2v) is 8.92. The quantitative estimate of drug-likeness (QED) is 0.718. The van der Waals surface area contributed by atoms with Crippen molar-refractivity contribution in [1.29, 1.82) is 0 Å². The first kappa shape index (κ1) is 18.2. The first-order valence-corrected chi connectivity index (χ1v) is 10.4. The van der Waals surface area contributed by atoms with Crippen LogP contribution < -0.4 is 4.90 Å². The van der Waals surface area contributed by atoms with Crippen molar-refractivity contribution in [3.8, 4) is 0 Å². The van der Waals surface area contributed by atoms with Crippen LogP contribution in [0.25, 0.3) is 0 Å². The molecule has 1 unspecified atom stereocenters. The van der Waals surface area contributed by atoms with Gasteiger partial charge in [-0.1, -0.05) is 29.8 Å². The van der Waals surface area contributed by atoms with Gasteiger partial charge in [-0.3, -0.25) is 9.59 Å². The molecule has 2 aromatic rings. The Kier molecular flexibility index (Phi) is 4.53. The number of rotatable bonds is 5. The molecule has 27 heavy (non-hydrogen) atoms. The summed E-state index contributed by atoms with van der Waals surface area (Å²) in [4.78, 5) is 26.7. The van der Waals surface area contributed by atoms with Crippen molar-refractivity contribution in [3.63, 3.8) is 0 Å². The van der Waals surface area contributed by atoms with Gasteiger partial charge in [0.05, 0.1) is 17.0 Å². The third kappa shape index (κ3) is 3.26. The normalized spacial score (nSPS) is 20.5. The molecule has 0 bridgehead atoms. The molecule has 0 spiro atoms. The molecule has 1 aliphatic carbocycles. The molecule has 0 N–H and O–H groups in total. The Bertz CT molecular complexity index is 988. The SMILES string of the molecule is O=C1CC(N(C2CC2)S(=O)(=O)c2ccc(Cl)cc2)C(=O)N1c1ccccc1. The van der Waals surface area contributed by atoms with Gasteiger partial charge in [0.25, 0.3) is 5.91 Å². The molecule has 1 saturated heterocycles. The Labute approximate surface area is 162 Å². The van der Waals surface area contributed by atoms with Crippen LogP contribution in [0.2, 0.25) is 5.02 Å². The molecular weight excluding hydrogens is 388 g/mol. The molecule has 2 aliphatic rings. The average Bonchev–Trinajstić information content (AvgIpc) is 3.42. The Hall–Kier alpha value is -2.22. The number of hydrogen-bond donors (Lipinski definition) is 0. The smallest absolute Gasteiger partial charge is 0.252 e. The fraction of sp³-hybridized carbons (Fsp3) is 0.263. The highest BCUT2D eigenvalue weighted by molar-refractivity contribution is 7.89. The van der Waals surface area contributed by atoms with E-state index in [2.05, 4.69) is 0 Å². The van der Waals surface area contributed by atoms with Crippen LogP contribution in [0.15, 0.2) is 59.5 Å². The Balaban J connectivity index is 1.70. The van der Waals surface area contributed by atoms with E-state index in [9.17, 15) is 18.0 Å². The van der Waals surface area contributed by atoms with E-state index in [-0.39, 0.29) is 17.4 Å². The minimum absolute atomic E-state index is 0.0669. The van der Waals surface area contributed by atoms with Crippen LogP contribution in [0.5, 0.6) is 0 Å². The van der Waals surface area contributed by atoms with Crippen molar-refractivity contribution in [2.24, 2.45) is 0 Å². The molecule has 2 fully saturated rings. The summed E-state index contributed by atoms with van der Waals surface area (Å²) in [7, 11) is -3.92. The number of halogens is 1. The molecule has 1 atom stereocenters. The van der Waals surface area contributed by atoms with Crippen LogP contribution in [-0.4, -0.2) is 36.6 Å². The highest BCUT2D eigenvalue weighted by atomic mass is 35.5. The first-order chi connectivity index (χ1) is 12.9. The zero-order valence-corrected chi connectivity index (χ0v) is 15.9. The van der Waals surface area contributed by atoms with Crippen LogP contribution in [-0.2, 0) is 19.6 Å². The summed E-state index contributed by atoms with van der Waals surface area (Å²) < 4.78 is 27.6. The van der Waals surface area contributed by atoms with E-state index in [0.717, 1.165) is 4.90 Å². The molecule has 4 rings (SSSR count). The van der Waals surface area contributed by atoms with Gasteiger partial charge >= 0.3 is 0 Å². The highest BCUT2D eigenvalue weighted by Gasteiger charge is 2.51. The number of imide groups is 1. The van der Waals surface area contributed by atoms with Crippen LogP contribution in [0.4, 0.5) is 5.69 Å². The minimum Gasteiger partial charge on any atom is -0.274 e. The zero-order valence-electron chi connectivity index (χ0n) is 14.3. The summed E-state index contributed by atoms with van der Waals surface area (Å²) in [5.41, 5.74) is 0.453. The maximum atomic E-state index is 13.2. The Morgan fingerprint density at radius 1 is 0.963 bits per heavy atom. The molecule has 1 aliphatic heterocycles. The number of carbonyl (C=O) groups excluding carboxylic acids is 2. The van der Waals surface area contributed by atoms with Gasteiger partial charge in [0.2, 0.25) is 15.9 Å². The molecule has 1 saturated carbocycles. The van der Waals surface area contributed by atoms with Crippen LogP contribution in [0.1, 0.15) is 19.3 Å². The lowest BCUT2D eigenvalue weighted by atomic mass is 10.2. The number of para-hydroxylation sites is 1. The van der Waals surface area contributed by atoms with E-state index in [4.69, 9.17) is 11.6 Å². The van der Waals surface area contributed by atoms with Gasteiger partial charge in [0.15, 0.2) is 0 Å². The van der Waals surface area contributed by atoms with Gasteiger partial charge in [0, 0.05) is 11.1 Å². The van der Waals surface area contributed by atoms with E-state index >= 15 is 0 Å². The number of nitrogens with zero attached hydrogens (tertiary/aromatic N) is 2. The topological polar surface area (TPSA) is 74.8 Å². The molecule has 6 nitrogen and oxygen atoms in total. The number of carbonyl (C=O) groups is 2. The predicted octanol–water partition coefficient (Wildman–Crippen LogP) is 2.83. The molecular formula is C19H17ClN2O4S. The predicted molar refractivity (Wildman–Crippen MR) is 101 cm³/mol. The van der Waals surface area contributed by atoms with E-state index in [1.807, 2.05) is 0 Å². The number of hydrogen-bond acceptors (Lipinski definition) is 4. The molecule has 140 valence electrons. The average molecular weight is 405 g/mol. The lowest BCUT2D eigenvalue weighted by Crippen LogP contribution is -2.46. The Morgan fingerprint density at radius 2 is 1.59 bits per heavy atom. The monoisotopic (exact) mass is 404 g/mol. The van der Waals surface area contributed by atoms with E-state index < -0.39 is 27.9 Å². The molecule has 1 heterocycles. The van der Waals surface area contributed by atoms with Crippen molar-refractivity contribution in [1.82, 2.24) is 4.31 Å². The highest BCUT2D eigenvalue weighted by Crippen LogP contribution is 2.38. The molecule has 0 radical (unpaired) electrons. The summed E-state index contributed by atoms with van der Waals surface area (Å²) in [6.45, 7) is 0. The van der Waals surface area contributed by atoms with Crippen molar-refractivity contribution >= 4 is 39.1 Å². The summed E-state index contributed by atoms with van der Waals surface area (Å²) in [5.74, 6) is -0.899. The van der Waals surface area contributed by atoms with Gasteiger partial charge in [-0.2, -0.15) is 4.31 Å². The summed E-state index contributed by atoms with van der Waals surface area (Å²) in [5, 5.41) is 0.425. The third-order valence-electron chi connectivity index (χ3n) is 4.74. The summed E-state index contributed by atoms with van der Waals surface area (Å²) in [6, 6.07) is 13.1. The number of amides is 2. The van der Waals surface area contributed by atoms with Crippen molar-refractivity contribution < 1.29 is 18.0 Å². The van der Waals surface area contributed by atoms with Gasteiger partial charge in [-0.25, -0.2) is 13.3 Å².